The molecule has 1 aliphatic carbocycles. The molecule has 2 rings (SSSR count). The Kier molecular flexibility index (Phi) is 4.97. The van der Waals surface area contributed by atoms with Crippen molar-refractivity contribution in [3.05, 3.63) is 34.9 Å². The van der Waals surface area contributed by atoms with Crippen molar-refractivity contribution in [2.45, 2.75) is 45.6 Å². The first-order valence-electron chi connectivity index (χ1n) is 7.26. The van der Waals surface area contributed by atoms with E-state index in [0.717, 1.165) is 13.0 Å². The summed E-state index contributed by atoms with van der Waals surface area (Å²) in [6, 6.07) is 7.10. The van der Waals surface area contributed by atoms with Gasteiger partial charge in [0.1, 0.15) is 0 Å². The van der Waals surface area contributed by atoms with Gasteiger partial charge in [0.2, 0.25) is 5.91 Å². The summed E-state index contributed by atoms with van der Waals surface area (Å²) in [7, 11) is 0. The fourth-order valence-corrected chi connectivity index (χ4v) is 2.49. The summed E-state index contributed by atoms with van der Waals surface area (Å²) in [5, 5.41) is 6.07. The zero-order chi connectivity index (χ0) is 13.7. The van der Waals surface area contributed by atoms with Gasteiger partial charge in [-0.25, -0.2) is 0 Å². The second-order valence-electron chi connectivity index (χ2n) is 5.59. The highest BCUT2D eigenvalue weighted by Crippen LogP contribution is 2.22. The van der Waals surface area contributed by atoms with E-state index in [-0.39, 0.29) is 5.91 Å². The van der Waals surface area contributed by atoms with Crippen molar-refractivity contribution in [1.29, 1.82) is 0 Å². The molecule has 3 heteroatoms. The molecule has 1 amide bonds. The standard InChI is InChI=1S/C16H24N2O/c1-12(2)18-11-16(19)17-9-8-13-6-7-14-4-3-5-15(14)10-13/h6-7,10,12,18H,3-5,8-9,11H2,1-2H3,(H,17,19). The minimum atomic E-state index is 0.0786. The number of carbonyl (C=O) groups excluding carboxylic acids is 1. The van der Waals surface area contributed by atoms with Gasteiger partial charge in [-0.15, -0.1) is 0 Å². The van der Waals surface area contributed by atoms with Crippen LogP contribution < -0.4 is 10.6 Å². The Balaban J connectivity index is 1.72. The number of aryl methyl sites for hydroxylation is 2. The second-order valence-corrected chi connectivity index (χ2v) is 5.59. The van der Waals surface area contributed by atoms with Gasteiger partial charge in [0, 0.05) is 12.6 Å². The molecule has 0 saturated carbocycles. The van der Waals surface area contributed by atoms with E-state index in [9.17, 15) is 4.79 Å². The van der Waals surface area contributed by atoms with Gasteiger partial charge in [-0.2, -0.15) is 0 Å². The summed E-state index contributed by atoms with van der Waals surface area (Å²) < 4.78 is 0. The number of carbonyl (C=O) groups is 1. The first kappa shape index (κ1) is 14.1. The first-order valence-corrected chi connectivity index (χ1v) is 7.26. The molecule has 1 aromatic carbocycles. The van der Waals surface area contributed by atoms with Gasteiger partial charge in [0.15, 0.2) is 0 Å². The Morgan fingerprint density at radius 2 is 2.05 bits per heavy atom. The molecule has 19 heavy (non-hydrogen) atoms. The molecule has 2 N–H and O–H groups in total. The van der Waals surface area contributed by atoms with Crippen LogP contribution in [0.2, 0.25) is 0 Å². The van der Waals surface area contributed by atoms with E-state index in [1.165, 1.54) is 36.0 Å². The fraction of sp³-hybridized carbons (Fsp3) is 0.562. The van der Waals surface area contributed by atoms with Crippen molar-refractivity contribution in [1.82, 2.24) is 10.6 Å². The van der Waals surface area contributed by atoms with E-state index in [4.69, 9.17) is 0 Å². The maximum absolute atomic E-state index is 11.6. The van der Waals surface area contributed by atoms with E-state index < -0.39 is 0 Å². The van der Waals surface area contributed by atoms with E-state index in [1.807, 2.05) is 13.8 Å². The summed E-state index contributed by atoms with van der Waals surface area (Å²) in [5.74, 6) is 0.0786. The molecule has 104 valence electrons. The number of benzene rings is 1. The average molecular weight is 260 g/mol. The van der Waals surface area contributed by atoms with Crippen molar-refractivity contribution in [3.8, 4) is 0 Å². The summed E-state index contributed by atoms with van der Waals surface area (Å²) in [6.45, 7) is 5.20. The quantitative estimate of drug-likeness (QED) is 0.819. The number of hydrogen-bond acceptors (Lipinski definition) is 2. The maximum atomic E-state index is 11.6. The van der Waals surface area contributed by atoms with E-state index in [2.05, 4.69) is 28.8 Å². The molecule has 1 aromatic rings. The molecule has 0 spiro atoms. The van der Waals surface area contributed by atoms with Crippen LogP contribution in [0.1, 0.15) is 37.0 Å². The van der Waals surface area contributed by atoms with Gasteiger partial charge in [-0.1, -0.05) is 32.0 Å². The highest BCUT2D eigenvalue weighted by atomic mass is 16.1. The smallest absolute Gasteiger partial charge is 0.233 e. The molecular formula is C16H24N2O. The molecule has 0 atom stereocenters. The van der Waals surface area contributed by atoms with Crippen LogP contribution >= 0.6 is 0 Å². The van der Waals surface area contributed by atoms with Crippen LogP contribution in [0.5, 0.6) is 0 Å². The lowest BCUT2D eigenvalue weighted by Crippen LogP contribution is -2.37. The number of hydrogen-bond donors (Lipinski definition) is 2. The predicted octanol–water partition coefficient (Wildman–Crippen LogP) is 1.83. The van der Waals surface area contributed by atoms with Gasteiger partial charge < -0.3 is 10.6 Å². The molecule has 0 saturated heterocycles. The Labute approximate surface area is 115 Å². The van der Waals surface area contributed by atoms with Gasteiger partial charge >= 0.3 is 0 Å². The third kappa shape index (κ3) is 4.35. The van der Waals surface area contributed by atoms with Crippen molar-refractivity contribution in [3.63, 3.8) is 0 Å². The number of rotatable bonds is 6. The largest absolute Gasteiger partial charge is 0.355 e. The molecule has 0 unspecified atom stereocenters. The highest BCUT2D eigenvalue weighted by molar-refractivity contribution is 5.77. The Hall–Kier alpha value is -1.35. The van der Waals surface area contributed by atoms with Crippen LogP contribution in [-0.2, 0) is 24.1 Å². The third-order valence-electron chi connectivity index (χ3n) is 3.57. The SMILES string of the molecule is CC(C)NCC(=O)NCCc1ccc2c(c1)CCC2. The fourth-order valence-electron chi connectivity index (χ4n) is 2.49. The summed E-state index contributed by atoms with van der Waals surface area (Å²) in [5.41, 5.74) is 4.34. The summed E-state index contributed by atoms with van der Waals surface area (Å²) in [6.07, 6.45) is 4.65. The van der Waals surface area contributed by atoms with E-state index in [0.29, 0.717) is 12.6 Å². The molecule has 0 fully saturated rings. The topological polar surface area (TPSA) is 41.1 Å². The molecule has 0 aliphatic heterocycles. The van der Waals surface area contributed by atoms with Crippen LogP contribution in [-0.4, -0.2) is 25.0 Å². The van der Waals surface area contributed by atoms with Crippen molar-refractivity contribution in [2.24, 2.45) is 0 Å². The van der Waals surface area contributed by atoms with E-state index >= 15 is 0 Å². The maximum Gasteiger partial charge on any atom is 0.233 e. The Morgan fingerprint density at radius 1 is 1.26 bits per heavy atom. The zero-order valence-electron chi connectivity index (χ0n) is 12.0. The van der Waals surface area contributed by atoms with Gasteiger partial charge in [0.05, 0.1) is 6.54 Å². The van der Waals surface area contributed by atoms with Crippen molar-refractivity contribution >= 4 is 5.91 Å². The summed E-state index contributed by atoms with van der Waals surface area (Å²) >= 11 is 0. The van der Waals surface area contributed by atoms with E-state index in [1.54, 1.807) is 0 Å². The van der Waals surface area contributed by atoms with Gasteiger partial charge in [-0.3, -0.25) is 4.79 Å². The molecule has 0 radical (unpaired) electrons. The molecule has 3 nitrogen and oxygen atoms in total. The molecule has 0 aromatic heterocycles. The van der Waals surface area contributed by atoms with Crippen molar-refractivity contribution in [2.75, 3.05) is 13.1 Å². The minimum absolute atomic E-state index is 0.0786. The number of fused-ring (bicyclic) bond motifs is 1. The Bertz CT molecular complexity index is 440. The number of amides is 1. The lowest BCUT2D eigenvalue weighted by molar-refractivity contribution is -0.120. The summed E-state index contributed by atoms with van der Waals surface area (Å²) in [4.78, 5) is 11.6. The third-order valence-corrected chi connectivity index (χ3v) is 3.57. The van der Waals surface area contributed by atoms with Crippen LogP contribution in [0.4, 0.5) is 0 Å². The first-order chi connectivity index (χ1) is 9.15. The molecular weight excluding hydrogens is 236 g/mol. The molecule has 0 heterocycles. The number of nitrogens with one attached hydrogen (secondary N) is 2. The van der Waals surface area contributed by atoms with Crippen LogP contribution in [0.25, 0.3) is 0 Å². The second kappa shape index (κ2) is 6.71. The van der Waals surface area contributed by atoms with Gasteiger partial charge in [-0.05, 0) is 42.4 Å². The average Bonchev–Trinajstić information content (AvgIpc) is 2.83. The van der Waals surface area contributed by atoms with Crippen LogP contribution in [0, 0.1) is 0 Å². The minimum Gasteiger partial charge on any atom is -0.355 e. The van der Waals surface area contributed by atoms with Gasteiger partial charge in [0.25, 0.3) is 0 Å². The van der Waals surface area contributed by atoms with Crippen LogP contribution in [0.15, 0.2) is 18.2 Å². The monoisotopic (exact) mass is 260 g/mol. The lowest BCUT2D eigenvalue weighted by Gasteiger charge is -2.09. The normalized spacial score (nSPS) is 13.6. The molecule has 1 aliphatic rings. The van der Waals surface area contributed by atoms with Crippen LogP contribution in [0.3, 0.4) is 0 Å². The molecule has 0 bridgehead atoms. The predicted molar refractivity (Wildman–Crippen MR) is 78.3 cm³/mol. The van der Waals surface area contributed by atoms with Crippen molar-refractivity contribution < 1.29 is 4.79 Å². The zero-order valence-corrected chi connectivity index (χ0v) is 12.0. The highest BCUT2D eigenvalue weighted by Gasteiger charge is 2.10. The lowest BCUT2D eigenvalue weighted by atomic mass is 10.0. The Morgan fingerprint density at radius 3 is 2.84 bits per heavy atom.